The molecule has 1 aliphatic rings. The van der Waals surface area contributed by atoms with Crippen molar-refractivity contribution in [3.05, 3.63) is 29.3 Å². The lowest BCUT2D eigenvalue weighted by Crippen LogP contribution is -2.27. The summed E-state index contributed by atoms with van der Waals surface area (Å²) in [5.74, 6) is 0.691. The third-order valence-corrected chi connectivity index (χ3v) is 3.49. The van der Waals surface area contributed by atoms with Crippen molar-refractivity contribution in [3.8, 4) is 5.75 Å². The van der Waals surface area contributed by atoms with Gasteiger partial charge in [-0.15, -0.1) is 0 Å². The minimum absolute atomic E-state index is 0.0173. The van der Waals surface area contributed by atoms with E-state index in [0.29, 0.717) is 19.6 Å². The molecule has 2 unspecified atom stereocenters. The van der Waals surface area contributed by atoms with Crippen LogP contribution in [-0.2, 0) is 16.0 Å². The summed E-state index contributed by atoms with van der Waals surface area (Å²) in [6.07, 6.45) is 1.16. The number of esters is 1. The molecule has 0 aromatic heterocycles. The van der Waals surface area contributed by atoms with E-state index in [-0.39, 0.29) is 17.9 Å². The number of nitrogens with two attached hydrogens (primary N) is 1. The number of ether oxygens (including phenoxy) is 2. The maximum absolute atomic E-state index is 11.7. The standard InChI is InChI=1S/C15H21NO3/c1-3-18-11-6-5-10-7-14(16)13(12(10)8-11)9-15(17)19-4-2/h5-6,8,13-14H,3-4,7,9,16H2,1-2H3. The number of rotatable bonds is 5. The van der Waals surface area contributed by atoms with E-state index in [9.17, 15) is 4.79 Å². The molecule has 1 aromatic carbocycles. The molecule has 4 nitrogen and oxygen atoms in total. The van der Waals surface area contributed by atoms with E-state index in [0.717, 1.165) is 17.7 Å². The van der Waals surface area contributed by atoms with Gasteiger partial charge in [0, 0.05) is 12.0 Å². The molecular formula is C15H21NO3. The monoisotopic (exact) mass is 263 g/mol. The summed E-state index contributed by atoms with van der Waals surface area (Å²) in [7, 11) is 0. The lowest BCUT2D eigenvalue weighted by Gasteiger charge is -2.16. The minimum Gasteiger partial charge on any atom is -0.494 e. The van der Waals surface area contributed by atoms with E-state index >= 15 is 0 Å². The van der Waals surface area contributed by atoms with Gasteiger partial charge in [-0.1, -0.05) is 6.07 Å². The van der Waals surface area contributed by atoms with Gasteiger partial charge < -0.3 is 15.2 Å². The maximum atomic E-state index is 11.7. The largest absolute Gasteiger partial charge is 0.494 e. The van der Waals surface area contributed by atoms with Crippen LogP contribution in [0.3, 0.4) is 0 Å². The Morgan fingerprint density at radius 3 is 2.84 bits per heavy atom. The third-order valence-electron chi connectivity index (χ3n) is 3.49. The van der Waals surface area contributed by atoms with Crippen LogP contribution in [0.4, 0.5) is 0 Å². The molecule has 2 N–H and O–H groups in total. The first kappa shape index (κ1) is 13.9. The molecule has 1 aromatic rings. The number of carbonyl (C=O) groups excluding carboxylic acids is 1. The zero-order valence-corrected chi connectivity index (χ0v) is 11.5. The normalized spacial score (nSPS) is 21.0. The Hall–Kier alpha value is -1.55. The second kappa shape index (κ2) is 6.06. The van der Waals surface area contributed by atoms with Crippen LogP contribution >= 0.6 is 0 Å². The molecule has 4 heteroatoms. The molecule has 104 valence electrons. The first-order valence-electron chi connectivity index (χ1n) is 6.82. The molecule has 0 aliphatic heterocycles. The highest BCUT2D eigenvalue weighted by Crippen LogP contribution is 2.37. The van der Waals surface area contributed by atoms with Crippen LogP contribution in [0.5, 0.6) is 5.75 Å². The molecule has 0 saturated carbocycles. The molecule has 0 amide bonds. The van der Waals surface area contributed by atoms with Gasteiger partial charge in [0.25, 0.3) is 0 Å². The van der Waals surface area contributed by atoms with E-state index in [2.05, 4.69) is 0 Å². The lowest BCUT2D eigenvalue weighted by molar-refractivity contribution is -0.143. The number of hydrogen-bond acceptors (Lipinski definition) is 4. The molecule has 0 spiro atoms. The summed E-state index contributed by atoms with van der Waals surface area (Å²) >= 11 is 0. The van der Waals surface area contributed by atoms with E-state index in [1.165, 1.54) is 5.56 Å². The first-order chi connectivity index (χ1) is 9.15. The molecule has 19 heavy (non-hydrogen) atoms. The highest BCUT2D eigenvalue weighted by Gasteiger charge is 2.32. The molecular weight excluding hydrogens is 242 g/mol. The fourth-order valence-electron chi connectivity index (χ4n) is 2.65. The van der Waals surface area contributed by atoms with Gasteiger partial charge >= 0.3 is 5.97 Å². The molecule has 0 fully saturated rings. The number of benzene rings is 1. The van der Waals surface area contributed by atoms with Gasteiger partial charge in [-0.05, 0) is 43.5 Å². The van der Waals surface area contributed by atoms with Gasteiger partial charge in [0.15, 0.2) is 0 Å². The van der Waals surface area contributed by atoms with Crippen molar-refractivity contribution in [2.75, 3.05) is 13.2 Å². The number of carbonyl (C=O) groups is 1. The highest BCUT2D eigenvalue weighted by molar-refractivity contribution is 5.71. The average molecular weight is 263 g/mol. The Labute approximate surface area is 113 Å². The average Bonchev–Trinajstić information content (AvgIpc) is 2.67. The van der Waals surface area contributed by atoms with Gasteiger partial charge in [-0.25, -0.2) is 0 Å². The lowest BCUT2D eigenvalue weighted by atomic mass is 9.95. The van der Waals surface area contributed by atoms with Crippen molar-refractivity contribution >= 4 is 5.97 Å². The van der Waals surface area contributed by atoms with E-state index < -0.39 is 0 Å². The van der Waals surface area contributed by atoms with E-state index in [4.69, 9.17) is 15.2 Å². The third kappa shape index (κ3) is 3.07. The predicted octanol–water partition coefficient (Wildman–Crippen LogP) is 2.01. The molecule has 0 saturated heterocycles. The molecule has 0 bridgehead atoms. The van der Waals surface area contributed by atoms with Gasteiger partial charge in [-0.3, -0.25) is 4.79 Å². The second-order valence-electron chi connectivity index (χ2n) is 4.78. The van der Waals surface area contributed by atoms with Crippen molar-refractivity contribution in [3.63, 3.8) is 0 Å². The number of fused-ring (bicyclic) bond motifs is 1. The summed E-state index contributed by atoms with van der Waals surface area (Å²) in [4.78, 5) is 11.7. The SMILES string of the molecule is CCOC(=O)CC1c2cc(OCC)ccc2CC1N. The van der Waals surface area contributed by atoms with Crippen LogP contribution in [0.25, 0.3) is 0 Å². The highest BCUT2D eigenvalue weighted by atomic mass is 16.5. The molecule has 2 atom stereocenters. The summed E-state index contributed by atoms with van der Waals surface area (Å²) < 4.78 is 10.5. The van der Waals surface area contributed by atoms with Gasteiger partial charge in [0.2, 0.25) is 0 Å². The quantitative estimate of drug-likeness (QED) is 0.825. The first-order valence-corrected chi connectivity index (χ1v) is 6.82. The van der Waals surface area contributed by atoms with E-state index in [1.54, 1.807) is 0 Å². The summed E-state index contributed by atoms with van der Waals surface area (Å²) in [5, 5.41) is 0. The topological polar surface area (TPSA) is 61.5 Å². The van der Waals surface area contributed by atoms with Crippen LogP contribution in [0.2, 0.25) is 0 Å². The van der Waals surface area contributed by atoms with Crippen LogP contribution in [0.1, 0.15) is 37.3 Å². The molecule has 0 radical (unpaired) electrons. The Balaban J connectivity index is 2.18. The molecule has 1 aliphatic carbocycles. The van der Waals surface area contributed by atoms with Crippen LogP contribution < -0.4 is 10.5 Å². The minimum atomic E-state index is -0.183. The van der Waals surface area contributed by atoms with E-state index in [1.807, 2.05) is 32.0 Å². The van der Waals surface area contributed by atoms with Crippen molar-refractivity contribution in [1.82, 2.24) is 0 Å². The van der Waals surface area contributed by atoms with Crippen molar-refractivity contribution in [1.29, 1.82) is 0 Å². The summed E-state index contributed by atoms with van der Waals surface area (Å²) in [6.45, 7) is 4.81. The van der Waals surface area contributed by atoms with Crippen molar-refractivity contribution in [2.24, 2.45) is 5.73 Å². The smallest absolute Gasteiger partial charge is 0.306 e. The maximum Gasteiger partial charge on any atom is 0.306 e. The van der Waals surface area contributed by atoms with Gasteiger partial charge in [0.1, 0.15) is 5.75 Å². The Morgan fingerprint density at radius 2 is 2.16 bits per heavy atom. The van der Waals surface area contributed by atoms with Gasteiger partial charge in [-0.2, -0.15) is 0 Å². The zero-order valence-electron chi connectivity index (χ0n) is 11.5. The van der Waals surface area contributed by atoms with Gasteiger partial charge in [0.05, 0.1) is 19.6 Å². The molecule has 0 heterocycles. The van der Waals surface area contributed by atoms with Crippen molar-refractivity contribution < 1.29 is 14.3 Å². The Kier molecular flexibility index (Phi) is 4.43. The fraction of sp³-hybridized carbons (Fsp3) is 0.533. The fourth-order valence-corrected chi connectivity index (χ4v) is 2.65. The van der Waals surface area contributed by atoms with Crippen molar-refractivity contribution in [2.45, 2.75) is 38.6 Å². The van der Waals surface area contributed by atoms with Crippen LogP contribution in [0.15, 0.2) is 18.2 Å². The van der Waals surface area contributed by atoms with Crippen LogP contribution in [-0.4, -0.2) is 25.2 Å². The zero-order chi connectivity index (χ0) is 13.8. The predicted molar refractivity (Wildman–Crippen MR) is 73.3 cm³/mol. The Morgan fingerprint density at radius 1 is 1.37 bits per heavy atom. The molecule has 2 rings (SSSR count). The van der Waals surface area contributed by atoms with Crippen LogP contribution in [0, 0.1) is 0 Å². The number of hydrogen-bond donors (Lipinski definition) is 1. The summed E-state index contributed by atoms with van der Waals surface area (Å²) in [5.41, 5.74) is 8.49. The summed E-state index contributed by atoms with van der Waals surface area (Å²) in [6, 6.07) is 6.00. The second-order valence-corrected chi connectivity index (χ2v) is 4.78. The Bertz CT molecular complexity index is 459.